The van der Waals surface area contributed by atoms with Crippen LogP contribution in [0.25, 0.3) is 0 Å². The van der Waals surface area contributed by atoms with E-state index in [2.05, 4.69) is 42.3 Å². The Hall–Kier alpha value is -1.33. The standard InChI is InChI=1S/C17H27N3OS/c1-4-7-18-17(22)20-10-8-19(9-11-20)13-15-12-14(2)5-6-16(15)21-3/h5-6,12H,4,7-11,13H2,1-3H3,(H,18,22)/p+1. The highest BCUT2D eigenvalue weighted by Gasteiger charge is 2.22. The zero-order valence-electron chi connectivity index (χ0n) is 13.9. The maximum absolute atomic E-state index is 5.49. The topological polar surface area (TPSA) is 28.9 Å². The number of quaternary nitrogens is 1. The summed E-state index contributed by atoms with van der Waals surface area (Å²) in [6.45, 7) is 10.6. The highest BCUT2D eigenvalue weighted by molar-refractivity contribution is 7.80. The van der Waals surface area contributed by atoms with Crippen molar-refractivity contribution in [3.05, 3.63) is 29.3 Å². The smallest absolute Gasteiger partial charge is 0.169 e. The van der Waals surface area contributed by atoms with Crippen molar-refractivity contribution in [1.82, 2.24) is 10.2 Å². The second-order valence-electron chi connectivity index (χ2n) is 5.96. The molecule has 0 unspecified atom stereocenters. The summed E-state index contributed by atoms with van der Waals surface area (Å²) in [5, 5.41) is 4.23. The van der Waals surface area contributed by atoms with Crippen LogP contribution in [0.1, 0.15) is 24.5 Å². The second-order valence-corrected chi connectivity index (χ2v) is 6.35. The predicted octanol–water partition coefficient (Wildman–Crippen LogP) is 0.989. The molecule has 1 aromatic carbocycles. The number of methoxy groups -OCH3 is 1. The van der Waals surface area contributed by atoms with Crippen molar-refractivity contribution in [3.8, 4) is 5.75 Å². The summed E-state index contributed by atoms with van der Waals surface area (Å²) in [5.74, 6) is 1.00. The number of nitrogens with one attached hydrogen (secondary N) is 2. The number of hydrogen-bond donors (Lipinski definition) is 2. The van der Waals surface area contributed by atoms with Gasteiger partial charge in [0.2, 0.25) is 0 Å². The van der Waals surface area contributed by atoms with Crippen LogP contribution in [0.2, 0.25) is 0 Å². The largest absolute Gasteiger partial charge is 0.496 e. The van der Waals surface area contributed by atoms with E-state index in [1.165, 1.54) is 11.1 Å². The second kappa shape index (κ2) is 8.34. The Morgan fingerprint density at radius 1 is 1.36 bits per heavy atom. The van der Waals surface area contributed by atoms with Gasteiger partial charge in [0.25, 0.3) is 0 Å². The third-order valence-electron chi connectivity index (χ3n) is 4.16. The van der Waals surface area contributed by atoms with E-state index in [1.807, 2.05) is 0 Å². The summed E-state index contributed by atoms with van der Waals surface area (Å²) in [5.41, 5.74) is 2.59. The van der Waals surface area contributed by atoms with E-state index < -0.39 is 0 Å². The van der Waals surface area contributed by atoms with Crippen LogP contribution in [0.4, 0.5) is 0 Å². The number of rotatable bonds is 5. The highest BCUT2D eigenvalue weighted by Crippen LogP contribution is 2.18. The monoisotopic (exact) mass is 322 g/mol. The molecule has 1 saturated heterocycles. The number of ether oxygens (including phenoxy) is 1. The van der Waals surface area contributed by atoms with Crippen molar-refractivity contribution in [2.24, 2.45) is 0 Å². The van der Waals surface area contributed by atoms with Crippen molar-refractivity contribution in [2.75, 3.05) is 39.8 Å². The van der Waals surface area contributed by atoms with Gasteiger partial charge < -0.3 is 19.9 Å². The quantitative estimate of drug-likeness (QED) is 0.791. The Labute approximate surface area is 139 Å². The van der Waals surface area contributed by atoms with Crippen LogP contribution in [0, 0.1) is 6.92 Å². The molecule has 1 aliphatic heterocycles. The van der Waals surface area contributed by atoms with Crippen molar-refractivity contribution in [3.63, 3.8) is 0 Å². The molecule has 5 heteroatoms. The van der Waals surface area contributed by atoms with Gasteiger partial charge in [0.15, 0.2) is 5.11 Å². The summed E-state index contributed by atoms with van der Waals surface area (Å²) in [4.78, 5) is 3.89. The normalized spacial score (nSPS) is 15.7. The molecule has 0 atom stereocenters. The predicted molar refractivity (Wildman–Crippen MR) is 94.6 cm³/mol. The molecular formula is C17H28N3OS+. The fraction of sp³-hybridized carbons (Fsp3) is 0.588. The first-order valence-electron chi connectivity index (χ1n) is 8.14. The number of benzene rings is 1. The van der Waals surface area contributed by atoms with E-state index in [1.54, 1.807) is 12.0 Å². The van der Waals surface area contributed by atoms with Gasteiger partial charge in [0, 0.05) is 12.1 Å². The Bertz CT molecular complexity index is 499. The van der Waals surface area contributed by atoms with E-state index in [0.29, 0.717) is 0 Å². The summed E-state index contributed by atoms with van der Waals surface area (Å²) >= 11 is 5.45. The molecule has 0 radical (unpaired) electrons. The Morgan fingerprint density at radius 2 is 2.09 bits per heavy atom. The lowest BCUT2D eigenvalue weighted by Gasteiger charge is -2.34. The molecule has 4 nitrogen and oxygen atoms in total. The zero-order valence-corrected chi connectivity index (χ0v) is 14.8. The molecular weight excluding hydrogens is 294 g/mol. The van der Waals surface area contributed by atoms with Crippen LogP contribution < -0.4 is 15.0 Å². The third-order valence-corrected chi connectivity index (χ3v) is 4.56. The maximum Gasteiger partial charge on any atom is 0.169 e. The maximum atomic E-state index is 5.49. The number of nitrogens with zero attached hydrogens (tertiary/aromatic N) is 1. The van der Waals surface area contributed by atoms with Gasteiger partial charge in [-0.25, -0.2) is 0 Å². The summed E-state index contributed by atoms with van der Waals surface area (Å²) < 4.78 is 5.49. The molecule has 2 rings (SSSR count). The van der Waals surface area contributed by atoms with Gasteiger partial charge in [0.05, 0.1) is 33.3 Å². The van der Waals surface area contributed by atoms with Gasteiger partial charge in [0.1, 0.15) is 12.3 Å². The Kier molecular flexibility index (Phi) is 6.46. The minimum absolute atomic E-state index is 0.911. The van der Waals surface area contributed by atoms with E-state index in [-0.39, 0.29) is 0 Å². The first-order chi connectivity index (χ1) is 10.6. The summed E-state index contributed by atoms with van der Waals surface area (Å²) in [7, 11) is 1.75. The first-order valence-corrected chi connectivity index (χ1v) is 8.54. The molecule has 0 amide bonds. The molecule has 22 heavy (non-hydrogen) atoms. The molecule has 0 aromatic heterocycles. The highest BCUT2D eigenvalue weighted by atomic mass is 32.1. The van der Waals surface area contributed by atoms with E-state index >= 15 is 0 Å². The number of hydrogen-bond acceptors (Lipinski definition) is 2. The van der Waals surface area contributed by atoms with Gasteiger partial charge in [-0.15, -0.1) is 0 Å². The zero-order chi connectivity index (χ0) is 15.9. The number of aryl methyl sites for hydroxylation is 1. The molecule has 2 N–H and O–H groups in total. The lowest BCUT2D eigenvalue weighted by Crippen LogP contribution is -3.13. The minimum atomic E-state index is 0.911. The molecule has 1 fully saturated rings. The molecule has 122 valence electrons. The van der Waals surface area contributed by atoms with Crippen LogP contribution in [-0.4, -0.2) is 49.8 Å². The molecule has 0 spiro atoms. The van der Waals surface area contributed by atoms with Gasteiger partial charge >= 0.3 is 0 Å². The minimum Gasteiger partial charge on any atom is -0.496 e. The average molecular weight is 322 g/mol. The summed E-state index contributed by atoms with van der Waals surface area (Å²) in [6.07, 6.45) is 1.11. The first kappa shape index (κ1) is 17.0. The molecule has 0 aliphatic carbocycles. The molecule has 0 bridgehead atoms. The lowest BCUT2D eigenvalue weighted by molar-refractivity contribution is -0.917. The average Bonchev–Trinajstić information content (AvgIpc) is 2.53. The molecule has 1 aliphatic rings. The Morgan fingerprint density at radius 3 is 2.73 bits per heavy atom. The van der Waals surface area contributed by atoms with Crippen LogP contribution in [0.3, 0.4) is 0 Å². The van der Waals surface area contributed by atoms with Gasteiger partial charge in [-0.2, -0.15) is 0 Å². The van der Waals surface area contributed by atoms with Gasteiger partial charge in [-0.3, -0.25) is 0 Å². The third kappa shape index (κ3) is 4.58. The van der Waals surface area contributed by atoms with E-state index in [9.17, 15) is 0 Å². The van der Waals surface area contributed by atoms with Crippen LogP contribution >= 0.6 is 12.2 Å². The Balaban J connectivity index is 1.87. The van der Waals surface area contributed by atoms with Crippen molar-refractivity contribution >= 4 is 17.3 Å². The fourth-order valence-electron chi connectivity index (χ4n) is 2.86. The van der Waals surface area contributed by atoms with Crippen molar-refractivity contribution < 1.29 is 9.64 Å². The number of thiocarbonyl (C=S) groups is 1. The van der Waals surface area contributed by atoms with Crippen molar-refractivity contribution in [2.45, 2.75) is 26.8 Å². The van der Waals surface area contributed by atoms with Crippen molar-refractivity contribution in [1.29, 1.82) is 0 Å². The molecule has 0 saturated carbocycles. The van der Waals surface area contributed by atoms with Crippen LogP contribution in [-0.2, 0) is 6.54 Å². The fourth-order valence-corrected chi connectivity index (χ4v) is 3.15. The van der Waals surface area contributed by atoms with Crippen LogP contribution in [0.15, 0.2) is 18.2 Å². The van der Waals surface area contributed by atoms with E-state index in [4.69, 9.17) is 17.0 Å². The lowest BCUT2D eigenvalue weighted by atomic mass is 10.1. The molecule has 1 aromatic rings. The SMILES string of the molecule is CCCNC(=S)N1CC[NH+](Cc2cc(C)ccc2OC)CC1. The molecule has 1 heterocycles. The van der Waals surface area contributed by atoms with Crippen LogP contribution in [0.5, 0.6) is 5.75 Å². The summed E-state index contributed by atoms with van der Waals surface area (Å²) in [6, 6.07) is 6.42. The van der Waals surface area contributed by atoms with Gasteiger partial charge in [-0.1, -0.05) is 18.6 Å². The van der Waals surface area contributed by atoms with Gasteiger partial charge in [-0.05, 0) is 37.7 Å². The van der Waals surface area contributed by atoms with E-state index in [0.717, 1.165) is 56.6 Å². The number of piperazine rings is 1.